The molecule has 0 fully saturated rings. The van der Waals surface area contributed by atoms with Gasteiger partial charge in [0.05, 0.1) is 11.9 Å². The van der Waals surface area contributed by atoms with Gasteiger partial charge in [-0.15, -0.1) is 0 Å². The lowest BCUT2D eigenvalue weighted by molar-refractivity contribution is 0.0946. The molecule has 1 aromatic carbocycles. The van der Waals surface area contributed by atoms with E-state index < -0.39 is 0 Å². The highest BCUT2D eigenvalue weighted by molar-refractivity contribution is 5.92. The topological polar surface area (TPSA) is 66.9 Å². The Hall–Kier alpha value is -3.21. The second kappa shape index (κ2) is 8.06. The molecule has 0 aliphatic heterocycles. The van der Waals surface area contributed by atoms with Gasteiger partial charge in [0.15, 0.2) is 0 Å². The molecule has 5 nitrogen and oxygen atoms in total. The summed E-state index contributed by atoms with van der Waals surface area (Å²) >= 11 is 0. The number of pyridine rings is 2. The van der Waals surface area contributed by atoms with Crippen LogP contribution >= 0.6 is 0 Å². The maximum atomic E-state index is 12.2. The molecular weight excluding hydrogens is 312 g/mol. The first-order chi connectivity index (χ1) is 12.2. The number of nitrogens with zero attached hydrogens (tertiary/aromatic N) is 2. The van der Waals surface area contributed by atoms with E-state index in [1.165, 1.54) is 5.56 Å². The van der Waals surface area contributed by atoms with Crippen LogP contribution in [0.2, 0.25) is 0 Å². The molecule has 25 heavy (non-hydrogen) atoms. The summed E-state index contributed by atoms with van der Waals surface area (Å²) in [5.74, 6) is -0.179. The van der Waals surface area contributed by atoms with E-state index in [2.05, 4.69) is 20.6 Å². The number of anilines is 1. The molecule has 3 rings (SSSR count). The minimum absolute atomic E-state index is 0.179. The Kier molecular flexibility index (Phi) is 5.36. The van der Waals surface area contributed by atoms with E-state index in [9.17, 15) is 4.79 Å². The van der Waals surface area contributed by atoms with Gasteiger partial charge in [0.25, 0.3) is 5.91 Å². The van der Waals surface area contributed by atoms with Gasteiger partial charge >= 0.3 is 0 Å². The first-order valence-electron chi connectivity index (χ1n) is 8.13. The second-order valence-corrected chi connectivity index (χ2v) is 5.81. The number of hydrogen-bond acceptors (Lipinski definition) is 4. The third kappa shape index (κ3) is 4.88. The maximum Gasteiger partial charge on any atom is 0.270 e. The molecule has 0 saturated carbocycles. The Balaban J connectivity index is 1.52. The summed E-state index contributed by atoms with van der Waals surface area (Å²) in [6.45, 7) is 3.21. The number of rotatable bonds is 6. The Labute approximate surface area is 147 Å². The molecule has 1 amide bonds. The zero-order valence-corrected chi connectivity index (χ0v) is 14.1. The third-order valence-corrected chi connectivity index (χ3v) is 3.82. The van der Waals surface area contributed by atoms with Gasteiger partial charge in [0, 0.05) is 25.5 Å². The van der Waals surface area contributed by atoms with Gasteiger partial charge in [-0.2, -0.15) is 0 Å². The van der Waals surface area contributed by atoms with E-state index in [0.717, 1.165) is 16.8 Å². The minimum atomic E-state index is -0.179. The predicted molar refractivity (Wildman–Crippen MR) is 98.1 cm³/mol. The fraction of sp³-hybridized carbons (Fsp3) is 0.150. The van der Waals surface area contributed by atoms with Crippen LogP contribution in [0.15, 0.2) is 67.1 Å². The van der Waals surface area contributed by atoms with Gasteiger partial charge < -0.3 is 10.6 Å². The highest BCUT2D eigenvalue weighted by Crippen LogP contribution is 2.09. The minimum Gasteiger partial charge on any atom is -0.380 e. The molecule has 5 heteroatoms. The first kappa shape index (κ1) is 16.6. The average Bonchev–Trinajstić information content (AvgIpc) is 2.67. The van der Waals surface area contributed by atoms with E-state index in [0.29, 0.717) is 18.8 Å². The van der Waals surface area contributed by atoms with Crippen LogP contribution < -0.4 is 10.6 Å². The molecule has 0 unspecified atom stereocenters. The van der Waals surface area contributed by atoms with Crippen molar-refractivity contribution in [3.8, 4) is 0 Å². The molecule has 0 aliphatic carbocycles. The van der Waals surface area contributed by atoms with Crippen molar-refractivity contribution in [1.82, 2.24) is 15.3 Å². The average molecular weight is 332 g/mol. The monoisotopic (exact) mass is 332 g/mol. The van der Waals surface area contributed by atoms with Crippen molar-refractivity contribution in [3.63, 3.8) is 0 Å². The smallest absolute Gasteiger partial charge is 0.270 e. The van der Waals surface area contributed by atoms with Crippen LogP contribution in [-0.2, 0) is 13.1 Å². The quantitative estimate of drug-likeness (QED) is 0.726. The SMILES string of the molecule is Cc1ccc(CNC(=O)c2ccc(NCc3ccncc3)cn2)cc1. The van der Waals surface area contributed by atoms with Crippen LogP contribution in [0.1, 0.15) is 27.2 Å². The summed E-state index contributed by atoms with van der Waals surface area (Å²) in [6, 6.07) is 15.6. The summed E-state index contributed by atoms with van der Waals surface area (Å²) in [4.78, 5) is 20.4. The molecule has 126 valence electrons. The number of benzene rings is 1. The molecule has 0 atom stereocenters. The number of carbonyl (C=O) groups is 1. The number of nitrogens with one attached hydrogen (secondary N) is 2. The highest BCUT2D eigenvalue weighted by atomic mass is 16.1. The van der Waals surface area contributed by atoms with Crippen LogP contribution in [0, 0.1) is 6.92 Å². The maximum absolute atomic E-state index is 12.2. The lowest BCUT2D eigenvalue weighted by Crippen LogP contribution is -2.23. The summed E-state index contributed by atoms with van der Waals surface area (Å²) < 4.78 is 0. The molecule has 0 saturated heterocycles. The Morgan fingerprint density at radius 1 is 0.920 bits per heavy atom. The van der Waals surface area contributed by atoms with Gasteiger partial charge in [-0.3, -0.25) is 9.78 Å². The summed E-state index contributed by atoms with van der Waals surface area (Å²) in [7, 11) is 0. The van der Waals surface area contributed by atoms with Crippen LogP contribution in [0.3, 0.4) is 0 Å². The lowest BCUT2D eigenvalue weighted by atomic mass is 10.1. The molecule has 3 aromatic rings. The van der Waals surface area contributed by atoms with E-state index in [1.54, 1.807) is 24.7 Å². The van der Waals surface area contributed by atoms with Crippen LogP contribution in [-0.4, -0.2) is 15.9 Å². The molecule has 2 N–H and O–H groups in total. The molecule has 0 radical (unpaired) electrons. The van der Waals surface area contributed by atoms with Crippen molar-refractivity contribution in [2.45, 2.75) is 20.0 Å². The predicted octanol–water partition coefficient (Wildman–Crippen LogP) is 3.33. The molecule has 2 heterocycles. The number of aryl methyl sites for hydroxylation is 1. The van der Waals surface area contributed by atoms with E-state index in [4.69, 9.17) is 0 Å². The fourth-order valence-electron chi connectivity index (χ4n) is 2.32. The van der Waals surface area contributed by atoms with Crippen LogP contribution in [0.4, 0.5) is 5.69 Å². The van der Waals surface area contributed by atoms with Crippen molar-refractivity contribution in [3.05, 3.63) is 89.5 Å². The number of amides is 1. The molecule has 0 bridgehead atoms. The van der Waals surface area contributed by atoms with Gasteiger partial charge in [-0.05, 0) is 42.3 Å². The normalized spacial score (nSPS) is 10.3. The van der Waals surface area contributed by atoms with Crippen molar-refractivity contribution in [1.29, 1.82) is 0 Å². The van der Waals surface area contributed by atoms with Gasteiger partial charge in [-0.25, -0.2) is 4.98 Å². The zero-order valence-electron chi connectivity index (χ0n) is 14.1. The van der Waals surface area contributed by atoms with E-state index >= 15 is 0 Å². The fourth-order valence-corrected chi connectivity index (χ4v) is 2.32. The summed E-state index contributed by atoms with van der Waals surface area (Å²) in [5, 5.41) is 6.15. The summed E-state index contributed by atoms with van der Waals surface area (Å²) in [5.41, 5.74) is 4.67. The van der Waals surface area contributed by atoms with E-state index in [-0.39, 0.29) is 5.91 Å². The van der Waals surface area contributed by atoms with Crippen LogP contribution in [0.5, 0.6) is 0 Å². The Bertz CT molecular complexity index is 815. The zero-order chi connectivity index (χ0) is 17.5. The van der Waals surface area contributed by atoms with E-state index in [1.807, 2.05) is 49.4 Å². The molecule has 0 spiro atoms. The van der Waals surface area contributed by atoms with Crippen molar-refractivity contribution >= 4 is 11.6 Å². The third-order valence-electron chi connectivity index (χ3n) is 3.82. The Morgan fingerprint density at radius 2 is 1.64 bits per heavy atom. The number of carbonyl (C=O) groups excluding carboxylic acids is 1. The molecular formula is C20H20N4O. The van der Waals surface area contributed by atoms with Crippen molar-refractivity contribution < 1.29 is 4.79 Å². The largest absolute Gasteiger partial charge is 0.380 e. The number of hydrogen-bond donors (Lipinski definition) is 2. The van der Waals surface area contributed by atoms with Crippen LogP contribution in [0.25, 0.3) is 0 Å². The first-order valence-corrected chi connectivity index (χ1v) is 8.13. The second-order valence-electron chi connectivity index (χ2n) is 5.81. The number of aromatic nitrogens is 2. The van der Waals surface area contributed by atoms with Gasteiger partial charge in [-0.1, -0.05) is 29.8 Å². The Morgan fingerprint density at radius 3 is 2.32 bits per heavy atom. The van der Waals surface area contributed by atoms with Crippen molar-refractivity contribution in [2.24, 2.45) is 0 Å². The lowest BCUT2D eigenvalue weighted by Gasteiger charge is -2.08. The molecule has 2 aromatic heterocycles. The van der Waals surface area contributed by atoms with Crippen molar-refractivity contribution in [2.75, 3.05) is 5.32 Å². The highest BCUT2D eigenvalue weighted by Gasteiger charge is 2.07. The standard InChI is InChI=1S/C20H20N4O/c1-15-2-4-16(5-3-15)13-24-20(25)19-7-6-18(14-23-19)22-12-17-8-10-21-11-9-17/h2-11,14,22H,12-13H2,1H3,(H,24,25). The van der Waals surface area contributed by atoms with Gasteiger partial charge in [0.2, 0.25) is 0 Å². The summed E-state index contributed by atoms with van der Waals surface area (Å²) in [6.07, 6.45) is 5.19. The molecule has 0 aliphatic rings. The van der Waals surface area contributed by atoms with Gasteiger partial charge in [0.1, 0.15) is 5.69 Å².